The van der Waals surface area contributed by atoms with Gasteiger partial charge in [0, 0.05) is 5.69 Å². The van der Waals surface area contributed by atoms with Gasteiger partial charge in [-0.05, 0) is 30.3 Å². The van der Waals surface area contributed by atoms with Gasteiger partial charge in [-0.1, -0.05) is 35.3 Å². The first-order chi connectivity index (χ1) is 11.5. The predicted molar refractivity (Wildman–Crippen MR) is 95.9 cm³/mol. The van der Waals surface area contributed by atoms with Crippen molar-refractivity contribution in [1.29, 1.82) is 0 Å². The summed E-state index contributed by atoms with van der Waals surface area (Å²) in [6.45, 7) is 0. The highest BCUT2D eigenvalue weighted by molar-refractivity contribution is 6.42. The van der Waals surface area contributed by atoms with Crippen LogP contribution in [0.5, 0.6) is 0 Å². The highest BCUT2D eigenvalue weighted by atomic mass is 35.5. The van der Waals surface area contributed by atoms with Crippen molar-refractivity contribution in [3.8, 4) is 0 Å². The largest absolute Gasteiger partial charge is 0.393 e. The molecule has 8 heteroatoms. The monoisotopic (exact) mass is 363 g/mol. The van der Waals surface area contributed by atoms with Crippen LogP contribution in [-0.2, 0) is 0 Å². The lowest BCUT2D eigenvalue weighted by atomic mass is 10.3. The van der Waals surface area contributed by atoms with Crippen LogP contribution in [0.3, 0.4) is 0 Å². The van der Waals surface area contributed by atoms with E-state index >= 15 is 0 Å². The van der Waals surface area contributed by atoms with E-state index in [4.69, 9.17) is 28.9 Å². The molecule has 122 valence electrons. The fraction of sp³-hybridized carbons (Fsp3) is 0. The maximum Gasteiger partial charge on any atom is 0.159 e. The van der Waals surface area contributed by atoms with E-state index in [1.165, 1.54) is 12.4 Å². The molecule has 0 aliphatic carbocycles. The zero-order chi connectivity index (χ0) is 17.1. The van der Waals surface area contributed by atoms with E-state index in [1.54, 1.807) is 36.4 Å². The molecule has 1 aromatic heterocycles. The number of para-hydroxylation sites is 1. The van der Waals surface area contributed by atoms with Crippen LogP contribution in [-0.4, -0.2) is 9.97 Å². The molecule has 0 saturated heterocycles. The smallest absolute Gasteiger partial charge is 0.159 e. The number of nitrogens with one attached hydrogen (secondary N) is 2. The summed E-state index contributed by atoms with van der Waals surface area (Å²) in [5.74, 6) is 0.245. The summed E-state index contributed by atoms with van der Waals surface area (Å²) >= 11 is 11.9. The van der Waals surface area contributed by atoms with Crippen LogP contribution in [0, 0.1) is 5.82 Å². The van der Waals surface area contributed by atoms with Gasteiger partial charge in [-0.15, -0.1) is 0 Å². The normalized spacial score (nSPS) is 10.5. The standard InChI is InChI=1S/C16H12Cl2FN5/c17-10-6-5-9(7-11(10)18)23-15-14(20)16(22-8-21-15)24-13-4-2-1-3-12(13)19/h1-8H,20H2,(H2,21,22,23,24). The first-order valence-corrected chi connectivity index (χ1v) is 7.64. The Morgan fingerprint density at radius 1 is 0.917 bits per heavy atom. The summed E-state index contributed by atoms with van der Waals surface area (Å²) in [4.78, 5) is 8.14. The molecule has 0 radical (unpaired) electrons. The fourth-order valence-electron chi connectivity index (χ4n) is 2.00. The third-order valence-corrected chi connectivity index (χ3v) is 3.93. The maximum atomic E-state index is 13.7. The lowest BCUT2D eigenvalue weighted by molar-refractivity contribution is 0.632. The molecular weight excluding hydrogens is 352 g/mol. The summed E-state index contributed by atoms with van der Waals surface area (Å²) in [5.41, 5.74) is 7.23. The summed E-state index contributed by atoms with van der Waals surface area (Å²) in [5, 5.41) is 6.72. The quantitative estimate of drug-likeness (QED) is 0.608. The number of anilines is 5. The van der Waals surface area contributed by atoms with E-state index in [0.29, 0.717) is 21.6 Å². The predicted octanol–water partition coefficient (Wildman–Crippen LogP) is 4.99. The van der Waals surface area contributed by atoms with Crippen molar-refractivity contribution in [2.45, 2.75) is 0 Å². The molecule has 0 spiro atoms. The van der Waals surface area contributed by atoms with Crippen LogP contribution in [0.2, 0.25) is 10.0 Å². The number of halogens is 3. The maximum absolute atomic E-state index is 13.7. The number of nitrogen functional groups attached to an aromatic ring is 1. The Hall–Kier alpha value is -2.57. The van der Waals surface area contributed by atoms with Crippen LogP contribution in [0.4, 0.5) is 33.1 Å². The third-order valence-electron chi connectivity index (χ3n) is 3.19. The van der Waals surface area contributed by atoms with Crippen LogP contribution in [0.1, 0.15) is 0 Å². The molecule has 2 aromatic carbocycles. The Bertz CT molecular complexity index is 888. The summed E-state index contributed by atoms with van der Waals surface area (Å²) < 4.78 is 13.7. The minimum absolute atomic E-state index is 0.242. The van der Waals surface area contributed by atoms with E-state index in [2.05, 4.69) is 20.6 Å². The van der Waals surface area contributed by atoms with E-state index in [1.807, 2.05) is 0 Å². The molecule has 0 bridgehead atoms. The van der Waals surface area contributed by atoms with E-state index in [9.17, 15) is 4.39 Å². The van der Waals surface area contributed by atoms with Gasteiger partial charge >= 0.3 is 0 Å². The lowest BCUT2D eigenvalue weighted by Gasteiger charge is -2.13. The van der Waals surface area contributed by atoms with Crippen LogP contribution in [0.15, 0.2) is 48.8 Å². The fourth-order valence-corrected chi connectivity index (χ4v) is 2.29. The molecule has 0 unspecified atom stereocenters. The average molecular weight is 364 g/mol. The minimum Gasteiger partial charge on any atom is -0.393 e. The molecule has 0 aliphatic rings. The molecule has 3 aromatic rings. The molecule has 0 atom stereocenters. The molecule has 0 amide bonds. The number of nitrogens with zero attached hydrogens (tertiary/aromatic N) is 2. The molecule has 1 heterocycles. The number of nitrogens with two attached hydrogens (primary N) is 1. The molecule has 4 N–H and O–H groups in total. The summed E-state index contributed by atoms with van der Waals surface area (Å²) in [7, 11) is 0. The van der Waals surface area contributed by atoms with Gasteiger partial charge in [-0.2, -0.15) is 0 Å². The second-order valence-electron chi connectivity index (χ2n) is 4.84. The van der Waals surface area contributed by atoms with Gasteiger partial charge in [0.25, 0.3) is 0 Å². The first-order valence-electron chi connectivity index (χ1n) is 6.88. The van der Waals surface area contributed by atoms with Crippen molar-refractivity contribution < 1.29 is 4.39 Å². The Labute approximate surface area is 147 Å². The number of hydrogen-bond donors (Lipinski definition) is 3. The molecule has 24 heavy (non-hydrogen) atoms. The van der Waals surface area contributed by atoms with Crippen molar-refractivity contribution in [2.75, 3.05) is 16.4 Å². The highest BCUT2D eigenvalue weighted by Gasteiger charge is 2.11. The van der Waals surface area contributed by atoms with E-state index < -0.39 is 5.82 Å². The Kier molecular flexibility index (Phi) is 4.69. The Morgan fingerprint density at radius 2 is 1.62 bits per heavy atom. The van der Waals surface area contributed by atoms with Gasteiger partial charge in [-0.3, -0.25) is 0 Å². The molecule has 5 nitrogen and oxygen atoms in total. The van der Waals surface area contributed by atoms with Crippen molar-refractivity contribution in [2.24, 2.45) is 0 Å². The second kappa shape index (κ2) is 6.90. The van der Waals surface area contributed by atoms with Crippen molar-refractivity contribution in [1.82, 2.24) is 9.97 Å². The number of aromatic nitrogens is 2. The van der Waals surface area contributed by atoms with Gasteiger partial charge < -0.3 is 16.4 Å². The third kappa shape index (κ3) is 3.50. The highest BCUT2D eigenvalue weighted by Crippen LogP contribution is 2.31. The first kappa shape index (κ1) is 16.3. The summed E-state index contributed by atoms with van der Waals surface area (Å²) in [6, 6.07) is 11.3. The van der Waals surface area contributed by atoms with Gasteiger partial charge in [0.05, 0.1) is 15.7 Å². The molecule has 0 aliphatic heterocycles. The minimum atomic E-state index is -0.408. The van der Waals surface area contributed by atoms with E-state index in [-0.39, 0.29) is 17.2 Å². The van der Waals surface area contributed by atoms with Crippen LogP contribution < -0.4 is 16.4 Å². The molecular formula is C16H12Cl2FN5. The zero-order valence-electron chi connectivity index (χ0n) is 12.2. The van der Waals surface area contributed by atoms with Gasteiger partial charge in [0.2, 0.25) is 0 Å². The molecule has 0 saturated carbocycles. The number of hydrogen-bond acceptors (Lipinski definition) is 5. The zero-order valence-corrected chi connectivity index (χ0v) is 13.7. The van der Waals surface area contributed by atoms with Crippen molar-refractivity contribution in [3.63, 3.8) is 0 Å². The lowest BCUT2D eigenvalue weighted by Crippen LogP contribution is -2.05. The van der Waals surface area contributed by atoms with Gasteiger partial charge in [0.15, 0.2) is 11.6 Å². The Morgan fingerprint density at radius 3 is 2.33 bits per heavy atom. The Balaban J connectivity index is 1.88. The second-order valence-corrected chi connectivity index (χ2v) is 5.66. The topological polar surface area (TPSA) is 75.9 Å². The SMILES string of the molecule is Nc1c(Nc2ccc(Cl)c(Cl)c2)ncnc1Nc1ccccc1F. The van der Waals surface area contributed by atoms with Crippen LogP contribution in [0.25, 0.3) is 0 Å². The van der Waals surface area contributed by atoms with Crippen LogP contribution >= 0.6 is 23.2 Å². The average Bonchev–Trinajstić information content (AvgIpc) is 2.57. The number of rotatable bonds is 4. The van der Waals surface area contributed by atoms with Gasteiger partial charge in [-0.25, -0.2) is 14.4 Å². The van der Waals surface area contributed by atoms with Gasteiger partial charge in [0.1, 0.15) is 17.8 Å². The van der Waals surface area contributed by atoms with Crippen molar-refractivity contribution in [3.05, 3.63) is 64.7 Å². The molecule has 0 fully saturated rings. The number of benzene rings is 2. The summed E-state index contributed by atoms with van der Waals surface area (Å²) in [6.07, 6.45) is 1.32. The van der Waals surface area contributed by atoms with E-state index in [0.717, 1.165) is 0 Å². The molecule has 3 rings (SSSR count). The van der Waals surface area contributed by atoms with Crippen molar-refractivity contribution >= 4 is 51.9 Å².